The Bertz CT molecular complexity index is 3140. The van der Waals surface area contributed by atoms with Gasteiger partial charge in [0.25, 0.3) is 0 Å². The number of aromatic nitrogens is 1. The largest absolute Gasteiger partial charge is 0.313 e. The molecular formula is C52H33N. The summed E-state index contributed by atoms with van der Waals surface area (Å²) in [5, 5.41) is 9.08. The van der Waals surface area contributed by atoms with Gasteiger partial charge in [-0.1, -0.05) is 152 Å². The van der Waals surface area contributed by atoms with Crippen molar-refractivity contribution in [2.24, 2.45) is 0 Å². The van der Waals surface area contributed by atoms with Crippen molar-refractivity contribution in [3.8, 4) is 5.69 Å². The summed E-state index contributed by atoms with van der Waals surface area (Å²) < 4.78 is 2.49. The third kappa shape index (κ3) is 3.97. The zero-order valence-corrected chi connectivity index (χ0v) is 29.1. The Kier molecular flexibility index (Phi) is 5.95. The van der Waals surface area contributed by atoms with Crippen LogP contribution in [0.25, 0.3) is 77.3 Å². The maximum absolute atomic E-state index is 2.55. The Morgan fingerprint density at radius 3 is 1.62 bits per heavy atom. The zero-order chi connectivity index (χ0) is 34.6. The molecule has 0 fully saturated rings. The lowest BCUT2D eigenvalue weighted by molar-refractivity contribution is 0.872. The molecule has 3 aliphatic rings. The summed E-state index contributed by atoms with van der Waals surface area (Å²) in [6.45, 7) is 0. The lowest BCUT2D eigenvalue weighted by Crippen LogP contribution is -2.06. The minimum atomic E-state index is 0.970. The van der Waals surface area contributed by atoms with Crippen LogP contribution in [0.2, 0.25) is 0 Å². The van der Waals surface area contributed by atoms with Crippen molar-refractivity contribution in [2.45, 2.75) is 12.8 Å². The molecule has 1 aromatic heterocycles. The van der Waals surface area contributed by atoms with Gasteiger partial charge < -0.3 is 4.57 Å². The fourth-order valence-electron chi connectivity index (χ4n) is 9.87. The fourth-order valence-corrected chi connectivity index (χ4v) is 9.87. The van der Waals surface area contributed by atoms with Crippen molar-refractivity contribution >= 4 is 71.6 Å². The summed E-state index contributed by atoms with van der Waals surface area (Å²) in [5.41, 5.74) is 18.9. The highest BCUT2D eigenvalue weighted by Crippen LogP contribution is 2.62. The molecule has 246 valence electrons. The second kappa shape index (κ2) is 10.9. The van der Waals surface area contributed by atoms with E-state index in [1.807, 2.05) is 0 Å². The van der Waals surface area contributed by atoms with Crippen LogP contribution in [0.5, 0.6) is 0 Å². The Labute approximate surface area is 308 Å². The second-order valence-electron chi connectivity index (χ2n) is 14.7. The van der Waals surface area contributed by atoms with E-state index in [9.17, 15) is 0 Å². The van der Waals surface area contributed by atoms with Crippen LogP contribution < -0.4 is 0 Å². The lowest BCUT2D eigenvalue weighted by Gasteiger charge is -2.21. The molecule has 0 unspecified atom stereocenters. The van der Waals surface area contributed by atoms with Gasteiger partial charge in [0.05, 0.1) is 5.52 Å². The van der Waals surface area contributed by atoms with Gasteiger partial charge in [0.2, 0.25) is 0 Å². The highest BCUT2D eigenvalue weighted by Gasteiger charge is 2.40. The van der Waals surface area contributed by atoms with Crippen molar-refractivity contribution in [3.63, 3.8) is 0 Å². The molecule has 53 heavy (non-hydrogen) atoms. The number of benzene rings is 8. The van der Waals surface area contributed by atoms with E-state index in [1.54, 1.807) is 0 Å². The summed E-state index contributed by atoms with van der Waals surface area (Å²) in [7, 11) is 0. The average Bonchev–Trinajstić information content (AvgIpc) is 3.86. The van der Waals surface area contributed by atoms with Gasteiger partial charge in [0.15, 0.2) is 0 Å². The first-order chi connectivity index (χ1) is 26.3. The maximum Gasteiger partial charge on any atom is 0.0537 e. The van der Waals surface area contributed by atoms with Crippen molar-refractivity contribution < 1.29 is 0 Å². The first kappa shape index (κ1) is 28.9. The number of allylic oxidation sites excluding steroid dienone is 4. The summed E-state index contributed by atoms with van der Waals surface area (Å²) >= 11 is 0. The molecule has 0 saturated carbocycles. The molecule has 0 aliphatic heterocycles. The predicted molar refractivity (Wildman–Crippen MR) is 224 cm³/mol. The highest BCUT2D eigenvalue weighted by molar-refractivity contribution is 6.40. The SMILES string of the molecule is C1=C(C2=C3C(=C(c4cccc5ccccc45)c4ccc5ccccc5c43)c3c2ccc2ccccc32)CCc2c1c1ccccc1n2-c1ccccc1. The average molecular weight is 672 g/mol. The molecular weight excluding hydrogens is 639 g/mol. The van der Waals surface area contributed by atoms with Crippen molar-refractivity contribution in [2.75, 3.05) is 0 Å². The molecule has 9 aromatic rings. The molecule has 3 aliphatic carbocycles. The summed E-state index contributed by atoms with van der Waals surface area (Å²) in [5.74, 6) is 0. The normalized spacial score (nSPS) is 14.6. The van der Waals surface area contributed by atoms with Gasteiger partial charge in [-0.25, -0.2) is 0 Å². The number of para-hydroxylation sites is 2. The molecule has 1 heteroatoms. The molecule has 0 amide bonds. The van der Waals surface area contributed by atoms with Crippen LogP contribution in [-0.2, 0) is 6.42 Å². The van der Waals surface area contributed by atoms with E-state index in [0.29, 0.717) is 0 Å². The Hall–Kier alpha value is -6.70. The van der Waals surface area contributed by atoms with Crippen LogP contribution >= 0.6 is 0 Å². The lowest BCUT2D eigenvalue weighted by atomic mass is 9.84. The minimum Gasteiger partial charge on any atom is -0.313 e. The van der Waals surface area contributed by atoms with Crippen LogP contribution in [0.4, 0.5) is 0 Å². The van der Waals surface area contributed by atoms with Crippen LogP contribution in [-0.4, -0.2) is 4.57 Å². The van der Waals surface area contributed by atoms with Gasteiger partial charge >= 0.3 is 0 Å². The molecule has 0 atom stereocenters. The molecule has 0 saturated heterocycles. The van der Waals surface area contributed by atoms with Crippen LogP contribution in [0.1, 0.15) is 45.5 Å². The molecule has 0 spiro atoms. The van der Waals surface area contributed by atoms with E-state index >= 15 is 0 Å². The number of fused-ring (bicyclic) bond motifs is 13. The summed E-state index contributed by atoms with van der Waals surface area (Å²) in [6.07, 6.45) is 4.49. The smallest absolute Gasteiger partial charge is 0.0537 e. The van der Waals surface area contributed by atoms with E-state index in [1.165, 1.54) is 116 Å². The Morgan fingerprint density at radius 2 is 0.906 bits per heavy atom. The molecule has 8 aromatic carbocycles. The van der Waals surface area contributed by atoms with Crippen LogP contribution in [0.3, 0.4) is 0 Å². The van der Waals surface area contributed by atoms with Crippen molar-refractivity contribution in [1.82, 2.24) is 4.57 Å². The minimum absolute atomic E-state index is 0.970. The predicted octanol–water partition coefficient (Wildman–Crippen LogP) is 13.3. The summed E-state index contributed by atoms with van der Waals surface area (Å²) in [4.78, 5) is 0. The Morgan fingerprint density at radius 1 is 0.358 bits per heavy atom. The van der Waals surface area contributed by atoms with E-state index in [2.05, 4.69) is 181 Å². The first-order valence-electron chi connectivity index (χ1n) is 18.7. The van der Waals surface area contributed by atoms with E-state index in [0.717, 1.165) is 12.8 Å². The molecule has 1 heterocycles. The van der Waals surface area contributed by atoms with Gasteiger partial charge in [-0.15, -0.1) is 0 Å². The topological polar surface area (TPSA) is 4.93 Å². The first-order valence-corrected chi connectivity index (χ1v) is 18.7. The highest BCUT2D eigenvalue weighted by atomic mass is 15.0. The zero-order valence-electron chi connectivity index (χ0n) is 29.1. The van der Waals surface area contributed by atoms with Crippen LogP contribution in [0, 0.1) is 0 Å². The maximum atomic E-state index is 2.55. The monoisotopic (exact) mass is 671 g/mol. The number of nitrogens with zero attached hydrogens (tertiary/aromatic N) is 1. The van der Waals surface area contributed by atoms with Crippen molar-refractivity contribution in [3.05, 3.63) is 215 Å². The van der Waals surface area contributed by atoms with E-state index in [4.69, 9.17) is 0 Å². The van der Waals surface area contributed by atoms with Gasteiger partial charge in [0, 0.05) is 22.3 Å². The van der Waals surface area contributed by atoms with Crippen molar-refractivity contribution in [1.29, 1.82) is 0 Å². The van der Waals surface area contributed by atoms with E-state index in [-0.39, 0.29) is 0 Å². The molecule has 12 rings (SSSR count). The van der Waals surface area contributed by atoms with Gasteiger partial charge in [-0.3, -0.25) is 0 Å². The van der Waals surface area contributed by atoms with E-state index < -0.39 is 0 Å². The quantitative estimate of drug-likeness (QED) is 0.176. The number of hydrogen-bond donors (Lipinski definition) is 0. The fraction of sp³-hybridized carbons (Fsp3) is 0.0385. The molecule has 0 radical (unpaired) electrons. The molecule has 0 bridgehead atoms. The third-order valence-corrected chi connectivity index (χ3v) is 12.0. The van der Waals surface area contributed by atoms with Crippen LogP contribution in [0.15, 0.2) is 175 Å². The molecule has 0 N–H and O–H groups in total. The summed E-state index contributed by atoms with van der Waals surface area (Å²) in [6, 6.07) is 63.0. The number of rotatable bonds is 3. The Balaban J connectivity index is 1.23. The second-order valence-corrected chi connectivity index (χ2v) is 14.7. The molecule has 1 nitrogen and oxygen atoms in total. The number of hydrogen-bond acceptors (Lipinski definition) is 0. The van der Waals surface area contributed by atoms with Gasteiger partial charge in [-0.2, -0.15) is 0 Å². The van der Waals surface area contributed by atoms with Gasteiger partial charge in [-0.05, 0) is 125 Å². The van der Waals surface area contributed by atoms with Gasteiger partial charge in [0.1, 0.15) is 0 Å². The standard InChI is InChI=1S/C52H33N/c1-2-17-36(18-3-1)53-45-24-11-10-22-40(45)44-31-35(27-30-46(44)53)47-42-28-25-33-14-5-8-20-38(33)48(42)52-50(41-23-12-16-32-13-4-7-19-37(32)41)43-29-26-34-15-6-9-21-39(34)49(43)51(47)52/h1-26,28-29,31H,27,30H2. The third-order valence-electron chi connectivity index (χ3n) is 12.0.